The number of benzene rings is 1. The van der Waals surface area contributed by atoms with Crippen molar-refractivity contribution in [1.29, 1.82) is 0 Å². The third-order valence-corrected chi connectivity index (χ3v) is 3.24. The van der Waals surface area contributed by atoms with Crippen LogP contribution in [0.25, 0.3) is 0 Å². The third kappa shape index (κ3) is 5.27. The Balaban J connectivity index is 1.88. The van der Waals surface area contributed by atoms with E-state index < -0.39 is 25.0 Å². The number of amides is 1. The first-order chi connectivity index (χ1) is 11.6. The second-order valence-electron chi connectivity index (χ2n) is 5.02. The molecule has 128 valence electrons. The van der Waals surface area contributed by atoms with Crippen LogP contribution in [0.1, 0.15) is 28.6 Å². The molecule has 0 saturated carbocycles. The van der Waals surface area contributed by atoms with Crippen LogP contribution in [0, 0.1) is 0 Å². The van der Waals surface area contributed by atoms with Gasteiger partial charge in [-0.25, -0.2) is 13.8 Å². The van der Waals surface area contributed by atoms with Crippen molar-refractivity contribution in [3.63, 3.8) is 0 Å². The van der Waals surface area contributed by atoms with Crippen LogP contribution < -0.4 is 10.1 Å². The molecule has 5 nitrogen and oxygen atoms in total. The maximum Gasteiger partial charge on any atom is 0.273 e. The van der Waals surface area contributed by atoms with Crippen molar-refractivity contribution >= 4 is 5.91 Å². The average molecular weight is 336 g/mol. The topological polar surface area (TPSA) is 71.5 Å². The van der Waals surface area contributed by atoms with Gasteiger partial charge in [0.25, 0.3) is 12.3 Å². The van der Waals surface area contributed by atoms with Gasteiger partial charge in [0.1, 0.15) is 6.61 Å². The highest BCUT2D eigenvalue weighted by Crippen LogP contribution is 2.17. The van der Waals surface area contributed by atoms with E-state index >= 15 is 0 Å². The molecule has 1 aromatic carbocycles. The van der Waals surface area contributed by atoms with Gasteiger partial charge in [-0.15, -0.1) is 0 Å². The van der Waals surface area contributed by atoms with Crippen molar-refractivity contribution in [3.05, 3.63) is 59.9 Å². The number of pyridine rings is 1. The number of ether oxygens (including phenoxy) is 1. The minimum atomic E-state index is -2.64. The summed E-state index contributed by atoms with van der Waals surface area (Å²) in [7, 11) is 0. The van der Waals surface area contributed by atoms with E-state index in [1.807, 2.05) is 18.2 Å². The van der Waals surface area contributed by atoms with Crippen LogP contribution >= 0.6 is 0 Å². The summed E-state index contributed by atoms with van der Waals surface area (Å²) in [6.07, 6.45) is -1.65. The molecule has 1 heterocycles. The summed E-state index contributed by atoms with van der Waals surface area (Å²) in [6, 6.07) is 12.0. The standard InChI is InChI=1S/C17H18F2N2O3/c18-15(19)11-24-14-7-4-9-20-16(14)17(23)21-10-8-13(22)12-5-2-1-3-6-12/h1-7,9,13,15,22H,8,10-11H2,(H,21,23). The first-order valence-corrected chi connectivity index (χ1v) is 7.45. The molecule has 7 heteroatoms. The fraction of sp³-hybridized carbons (Fsp3) is 0.294. The monoisotopic (exact) mass is 336 g/mol. The van der Waals surface area contributed by atoms with Crippen molar-refractivity contribution in [1.82, 2.24) is 10.3 Å². The summed E-state index contributed by atoms with van der Waals surface area (Å²) in [6.45, 7) is -0.599. The Hall–Kier alpha value is -2.54. The molecule has 0 aliphatic heterocycles. The molecular formula is C17H18F2N2O3. The molecule has 0 aliphatic rings. The summed E-state index contributed by atoms with van der Waals surface area (Å²) >= 11 is 0. The minimum absolute atomic E-state index is 0.00101. The number of rotatable bonds is 8. The van der Waals surface area contributed by atoms with Gasteiger partial charge in [-0.3, -0.25) is 4.79 Å². The fourth-order valence-corrected chi connectivity index (χ4v) is 2.08. The lowest BCUT2D eigenvalue weighted by atomic mass is 10.1. The number of nitrogens with one attached hydrogen (secondary N) is 1. The van der Waals surface area contributed by atoms with E-state index in [-0.39, 0.29) is 18.0 Å². The van der Waals surface area contributed by atoms with Crippen molar-refractivity contribution < 1.29 is 23.4 Å². The molecular weight excluding hydrogens is 318 g/mol. The Morgan fingerprint density at radius 3 is 2.67 bits per heavy atom. The molecule has 0 aliphatic carbocycles. The number of hydrogen-bond acceptors (Lipinski definition) is 4. The SMILES string of the molecule is O=C(NCCC(O)c1ccccc1)c1ncccc1OCC(F)F. The lowest BCUT2D eigenvalue weighted by molar-refractivity contribution is 0.0789. The number of nitrogens with zero attached hydrogens (tertiary/aromatic N) is 1. The number of carbonyl (C=O) groups is 1. The highest BCUT2D eigenvalue weighted by Gasteiger charge is 2.16. The molecule has 1 aromatic heterocycles. The third-order valence-electron chi connectivity index (χ3n) is 3.24. The number of hydrogen-bond donors (Lipinski definition) is 2. The summed E-state index contributed by atoms with van der Waals surface area (Å²) < 4.78 is 29.4. The zero-order valence-corrected chi connectivity index (χ0v) is 12.9. The summed E-state index contributed by atoms with van der Waals surface area (Å²) in [5.41, 5.74) is 0.692. The van der Waals surface area contributed by atoms with Gasteiger partial charge in [0, 0.05) is 12.7 Å². The molecule has 0 radical (unpaired) electrons. The van der Waals surface area contributed by atoms with Crippen molar-refractivity contribution in [2.75, 3.05) is 13.2 Å². The summed E-state index contributed by atoms with van der Waals surface area (Å²) in [5, 5.41) is 12.6. The van der Waals surface area contributed by atoms with Crippen molar-refractivity contribution in [3.8, 4) is 5.75 Å². The lowest BCUT2D eigenvalue weighted by Crippen LogP contribution is -2.27. The molecule has 1 amide bonds. The van der Waals surface area contributed by atoms with Crippen LogP contribution in [-0.2, 0) is 0 Å². The van der Waals surface area contributed by atoms with Crippen molar-refractivity contribution in [2.24, 2.45) is 0 Å². The van der Waals surface area contributed by atoms with E-state index in [0.29, 0.717) is 6.42 Å². The van der Waals surface area contributed by atoms with Crippen LogP contribution in [0.15, 0.2) is 48.7 Å². The molecule has 1 unspecified atom stereocenters. The van der Waals surface area contributed by atoms with Crippen LogP contribution in [-0.4, -0.2) is 35.6 Å². The molecule has 2 N–H and O–H groups in total. The van der Waals surface area contributed by atoms with E-state index in [1.54, 1.807) is 12.1 Å². The van der Waals surface area contributed by atoms with Crippen LogP contribution in [0.5, 0.6) is 5.75 Å². The summed E-state index contributed by atoms with van der Waals surface area (Å²) in [4.78, 5) is 16.0. The summed E-state index contributed by atoms with van der Waals surface area (Å²) in [5.74, 6) is -0.543. The van der Waals surface area contributed by atoms with Crippen LogP contribution in [0.4, 0.5) is 8.78 Å². The largest absolute Gasteiger partial charge is 0.485 e. The van der Waals surface area contributed by atoms with Gasteiger partial charge >= 0.3 is 0 Å². The van der Waals surface area contributed by atoms with Crippen molar-refractivity contribution in [2.45, 2.75) is 19.0 Å². The zero-order valence-electron chi connectivity index (χ0n) is 12.9. The number of aromatic nitrogens is 1. The maximum atomic E-state index is 12.2. The number of halogens is 2. The van der Waals surface area contributed by atoms with E-state index in [2.05, 4.69) is 10.3 Å². The Morgan fingerprint density at radius 2 is 1.96 bits per heavy atom. The smallest absolute Gasteiger partial charge is 0.273 e. The van der Waals surface area contributed by atoms with Gasteiger partial charge in [-0.2, -0.15) is 0 Å². The predicted molar refractivity (Wildman–Crippen MR) is 84.1 cm³/mol. The second kappa shape index (κ2) is 8.93. The van der Waals surface area contributed by atoms with Gasteiger partial charge in [-0.05, 0) is 24.1 Å². The van der Waals surface area contributed by atoms with Gasteiger partial charge in [0.15, 0.2) is 11.4 Å². The Labute approximate surface area is 138 Å². The molecule has 2 rings (SSSR count). The Morgan fingerprint density at radius 1 is 1.21 bits per heavy atom. The van der Waals surface area contributed by atoms with Crippen LogP contribution in [0.2, 0.25) is 0 Å². The zero-order chi connectivity index (χ0) is 17.4. The second-order valence-corrected chi connectivity index (χ2v) is 5.02. The highest BCUT2D eigenvalue weighted by atomic mass is 19.3. The number of alkyl halides is 2. The average Bonchev–Trinajstić information content (AvgIpc) is 2.60. The molecule has 0 fully saturated rings. The number of aliphatic hydroxyl groups excluding tert-OH is 1. The molecule has 1 atom stereocenters. The lowest BCUT2D eigenvalue weighted by Gasteiger charge is -2.13. The van der Waals surface area contributed by atoms with Gasteiger partial charge in [0.2, 0.25) is 0 Å². The van der Waals surface area contributed by atoms with E-state index in [0.717, 1.165) is 5.56 Å². The van der Waals surface area contributed by atoms with Crippen LogP contribution in [0.3, 0.4) is 0 Å². The highest BCUT2D eigenvalue weighted by molar-refractivity contribution is 5.94. The first kappa shape index (κ1) is 17.8. The van der Waals surface area contributed by atoms with Gasteiger partial charge < -0.3 is 15.2 Å². The van der Waals surface area contributed by atoms with E-state index in [9.17, 15) is 18.7 Å². The predicted octanol–water partition coefficient (Wildman–Crippen LogP) is 2.58. The molecule has 0 spiro atoms. The van der Waals surface area contributed by atoms with Gasteiger partial charge in [0.05, 0.1) is 6.10 Å². The molecule has 0 bridgehead atoms. The minimum Gasteiger partial charge on any atom is -0.485 e. The molecule has 0 saturated heterocycles. The maximum absolute atomic E-state index is 12.2. The number of carbonyl (C=O) groups excluding carboxylic acids is 1. The molecule has 24 heavy (non-hydrogen) atoms. The molecule has 2 aromatic rings. The Bertz CT molecular complexity index is 653. The van der Waals surface area contributed by atoms with Gasteiger partial charge in [-0.1, -0.05) is 30.3 Å². The van der Waals surface area contributed by atoms with E-state index in [4.69, 9.17) is 4.74 Å². The normalized spacial score (nSPS) is 12.0. The fourth-order valence-electron chi connectivity index (χ4n) is 2.08. The number of aliphatic hydroxyl groups is 1. The first-order valence-electron chi connectivity index (χ1n) is 7.45. The Kier molecular flexibility index (Phi) is 6.62. The quantitative estimate of drug-likeness (QED) is 0.777. The van der Waals surface area contributed by atoms with E-state index in [1.165, 1.54) is 18.3 Å².